The SMILES string of the molecule is C=C(C)C[C@@H](N)c1ccc(C)c([N+](=O)[O-])c1. The first kappa shape index (κ1) is 12.4. The molecule has 0 bridgehead atoms. The Morgan fingerprint density at radius 1 is 1.62 bits per heavy atom. The van der Waals surface area contributed by atoms with Crippen LogP contribution < -0.4 is 5.73 Å². The molecule has 0 radical (unpaired) electrons. The average molecular weight is 220 g/mol. The normalized spacial score (nSPS) is 12.2. The number of hydrogen-bond donors (Lipinski definition) is 1. The van der Waals surface area contributed by atoms with Crippen molar-refractivity contribution in [1.29, 1.82) is 0 Å². The summed E-state index contributed by atoms with van der Waals surface area (Å²) >= 11 is 0. The van der Waals surface area contributed by atoms with Gasteiger partial charge in [-0.1, -0.05) is 17.7 Å². The fourth-order valence-corrected chi connectivity index (χ4v) is 1.55. The summed E-state index contributed by atoms with van der Waals surface area (Å²) in [5, 5.41) is 10.8. The van der Waals surface area contributed by atoms with E-state index in [1.54, 1.807) is 19.1 Å². The van der Waals surface area contributed by atoms with Crippen molar-refractivity contribution in [1.82, 2.24) is 0 Å². The van der Waals surface area contributed by atoms with Gasteiger partial charge in [-0.3, -0.25) is 10.1 Å². The van der Waals surface area contributed by atoms with Crippen LogP contribution in [0.4, 0.5) is 5.69 Å². The molecule has 1 aromatic rings. The lowest BCUT2D eigenvalue weighted by atomic mass is 9.99. The van der Waals surface area contributed by atoms with Gasteiger partial charge in [0.05, 0.1) is 4.92 Å². The summed E-state index contributed by atoms with van der Waals surface area (Å²) in [6.45, 7) is 7.39. The lowest BCUT2D eigenvalue weighted by Gasteiger charge is -2.12. The van der Waals surface area contributed by atoms with Crippen molar-refractivity contribution in [2.45, 2.75) is 26.3 Å². The third-order valence-electron chi connectivity index (χ3n) is 2.43. The molecule has 86 valence electrons. The van der Waals surface area contributed by atoms with Crippen LogP contribution in [0.15, 0.2) is 30.4 Å². The zero-order chi connectivity index (χ0) is 12.3. The Balaban J connectivity index is 3.02. The van der Waals surface area contributed by atoms with Crippen LogP contribution in [0.3, 0.4) is 0 Å². The van der Waals surface area contributed by atoms with Gasteiger partial charge in [-0.05, 0) is 25.8 Å². The van der Waals surface area contributed by atoms with Crippen molar-refractivity contribution in [2.75, 3.05) is 0 Å². The number of rotatable bonds is 4. The van der Waals surface area contributed by atoms with Gasteiger partial charge >= 0.3 is 0 Å². The summed E-state index contributed by atoms with van der Waals surface area (Å²) in [5.74, 6) is 0. The van der Waals surface area contributed by atoms with E-state index < -0.39 is 0 Å². The van der Waals surface area contributed by atoms with Gasteiger partial charge in [-0.2, -0.15) is 0 Å². The lowest BCUT2D eigenvalue weighted by molar-refractivity contribution is -0.385. The predicted molar refractivity (Wildman–Crippen MR) is 64.2 cm³/mol. The number of nitro benzene ring substituents is 1. The van der Waals surface area contributed by atoms with Crippen molar-refractivity contribution in [3.63, 3.8) is 0 Å². The first-order valence-electron chi connectivity index (χ1n) is 5.06. The number of nitrogens with two attached hydrogens (primary N) is 1. The second-order valence-electron chi connectivity index (χ2n) is 4.07. The molecule has 0 saturated heterocycles. The molecule has 0 spiro atoms. The first-order valence-corrected chi connectivity index (χ1v) is 5.06. The molecule has 1 rings (SSSR count). The summed E-state index contributed by atoms with van der Waals surface area (Å²) in [4.78, 5) is 10.4. The maximum Gasteiger partial charge on any atom is 0.272 e. The van der Waals surface area contributed by atoms with Crippen LogP contribution in [0.25, 0.3) is 0 Å². The Morgan fingerprint density at radius 2 is 2.25 bits per heavy atom. The lowest BCUT2D eigenvalue weighted by Crippen LogP contribution is -2.11. The van der Waals surface area contributed by atoms with Crippen LogP contribution in [0.2, 0.25) is 0 Å². The van der Waals surface area contributed by atoms with Gasteiger partial charge in [0, 0.05) is 17.7 Å². The highest BCUT2D eigenvalue weighted by Gasteiger charge is 2.14. The second-order valence-corrected chi connectivity index (χ2v) is 4.07. The molecule has 0 saturated carbocycles. The number of aryl methyl sites for hydroxylation is 1. The van der Waals surface area contributed by atoms with Crippen molar-refractivity contribution in [3.8, 4) is 0 Å². The Bertz CT molecular complexity index is 427. The van der Waals surface area contributed by atoms with Gasteiger partial charge in [0.1, 0.15) is 0 Å². The first-order chi connectivity index (χ1) is 7.41. The Morgan fingerprint density at radius 3 is 2.75 bits per heavy atom. The van der Waals surface area contributed by atoms with Crippen LogP contribution in [-0.2, 0) is 0 Å². The van der Waals surface area contributed by atoms with E-state index in [9.17, 15) is 10.1 Å². The smallest absolute Gasteiger partial charge is 0.272 e. The highest BCUT2D eigenvalue weighted by molar-refractivity contribution is 5.43. The Kier molecular flexibility index (Phi) is 3.79. The highest BCUT2D eigenvalue weighted by atomic mass is 16.6. The predicted octanol–water partition coefficient (Wildman–Crippen LogP) is 2.87. The molecule has 4 nitrogen and oxygen atoms in total. The van der Waals surface area contributed by atoms with Gasteiger partial charge < -0.3 is 5.73 Å². The molecule has 4 heteroatoms. The maximum absolute atomic E-state index is 10.8. The molecular formula is C12H16N2O2. The Labute approximate surface area is 94.9 Å². The molecule has 0 fully saturated rings. The van der Waals surface area contributed by atoms with Crippen LogP contribution in [0.5, 0.6) is 0 Å². The molecule has 0 unspecified atom stereocenters. The zero-order valence-corrected chi connectivity index (χ0v) is 9.56. The van der Waals surface area contributed by atoms with E-state index in [0.29, 0.717) is 12.0 Å². The number of nitrogens with zero attached hydrogens (tertiary/aromatic N) is 1. The molecule has 0 aliphatic heterocycles. The van der Waals surface area contributed by atoms with Crippen LogP contribution in [-0.4, -0.2) is 4.92 Å². The molecule has 0 aliphatic rings. The quantitative estimate of drug-likeness (QED) is 0.482. The zero-order valence-electron chi connectivity index (χ0n) is 9.56. The highest BCUT2D eigenvalue weighted by Crippen LogP contribution is 2.24. The second kappa shape index (κ2) is 4.90. The fraction of sp³-hybridized carbons (Fsp3) is 0.333. The van der Waals surface area contributed by atoms with E-state index in [0.717, 1.165) is 11.1 Å². The van der Waals surface area contributed by atoms with Gasteiger partial charge in [0.2, 0.25) is 0 Å². The van der Waals surface area contributed by atoms with Crippen LogP contribution in [0.1, 0.15) is 30.5 Å². The molecule has 2 N–H and O–H groups in total. The minimum absolute atomic E-state index is 0.120. The molecule has 16 heavy (non-hydrogen) atoms. The number of hydrogen-bond acceptors (Lipinski definition) is 3. The Hall–Kier alpha value is -1.68. The molecule has 0 aromatic heterocycles. The van der Waals surface area contributed by atoms with E-state index in [1.165, 1.54) is 0 Å². The van der Waals surface area contributed by atoms with Crippen LogP contribution in [0, 0.1) is 17.0 Å². The van der Waals surface area contributed by atoms with Crippen LogP contribution >= 0.6 is 0 Å². The summed E-state index contributed by atoms with van der Waals surface area (Å²) < 4.78 is 0. The molecular weight excluding hydrogens is 204 g/mol. The molecule has 0 amide bonds. The summed E-state index contributed by atoms with van der Waals surface area (Å²) in [6, 6.07) is 4.88. The fourth-order valence-electron chi connectivity index (χ4n) is 1.55. The van der Waals surface area contributed by atoms with Crippen molar-refractivity contribution in [2.24, 2.45) is 5.73 Å². The van der Waals surface area contributed by atoms with Gasteiger partial charge in [-0.25, -0.2) is 0 Å². The van der Waals surface area contributed by atoms with Gasteiger partial charge in [0.15, 0.2) is 0 Å². The minimum atomic E-state index is -0.383. The van der Waals surface area contributed by atoms with Crippen molar-refractivity contribution >= 4 is 5.69 Å². The molecule has 0 aliphatic carbocycles. The minimum Gasteiger partial charge on any atom is -0.324 e. The monoisotopic (exact) mass is 220 g/mol. The number of nitro groups is 1. The van der Waals surface area contributed by atoms with Crippen molar-refractivity contribution < 1.29 is 4.92 Å². The largest absolute Gasteiger partial charge is 0.324 e. The third-order valence-corrected chi connectivity index (χ3v) is 2.43. The van der Waals surface area contributed by atoms with E-state index in [-0.39, 0.29) is 16.7 Å². The van der Waals surface area contributed by atoms with E-state index >= 15 is 0 Å². The van der Waals surface area contributed by atoms with Crippen molar-refractivity contribution in [3.05, 3.63) is 51.6 Å². The molecule has 0 heterocycles. The van der Waals surface area contributed by atoms with Gasteiger partial charge in [0.25, 0.3) is 5.69 Å². The molecule has 1 aromatic carbocycles. The maximum atomic E-state index is 10.8. The summed E-state index contributed by atoms with van der Waals surface area (Å²) in [7, 11) is 0. The molecule has 1 atom stereocenters. The van der Waals surface area contributed by atoms with E-state index in [4.69, 9.17) is 5.73 Å². The summed E-state index contributed by atoms with van der Waals surface area (Å²) in [5.41, 5.74) is 8.45. The topological polar surface area (TPSA) is 69.2 Å². The standard InChI is InChI=1S/C12H16N2O2/c1-8(2)6-11(13)10-5-4-9(3)12(7-10)14(15)16/h4-5,7,11H,1,6,13H2,2-3H3/t11-/m1/s1. The van der Waals surface area contributed by atoms with E-state index in [2.05, 4.69) is 6.58 Å². The number of benzene rings is 1. The average Bonchev–Trinajstić information content (AvgIpc) is 2.16. The van der Waals surface area contributed by atoms with E-state index in [1.807, 2.05) is 13.0 Å². The van der Waals surface area contributed by atoms with Gasteiger partial charge in [-0.15, -0.1) is 6.58 Å². The third kappa shape index (κ3) is 2.90. The summed E-state index contributed by atoms with van der Waals surface area (Å²) in [6.07, 6.45) is 0.639.